The number of alkyl halides is 1. The number of nitrogens with one attached hydrogen (secondary N) is 1. The number of nitrogen functional groups attached to an aromatic ring is 1. The number of amides is 1. The largest absolute Gasteiger partial charge is 0.476 e. The van der Waals surface area contributed by atoms with Gasteiger partial charge in [0.15, 0.2) is 11.5 Å². The van der Waals surface area contributed by atoms with Crippen LogP contribution in [0.15, 0.2) is 24.5 Å². The quantitative estimate of drug-likeness (QED) is 0.583. The minimum absolute atomic E-state index is 0.0382. The molecule has 1 saturated heterocycles. The van der Waals surface area contributed by atoms with Crippen molar-refractivity contribution in [2.24, 2.45) is 0 Å². The van der Waals surface area contributed by atoms with Crippen molar-refractivity contribution in [1.82, 2.24) is 24.9 Å². The lowest BCUT2D eigenvalue weighted by atomic mass is 10.1. The number of pyridine rings is 1. The van der Waals surface area contributed by atoms with Gasteiger partial charge in [-0.2, -0.15) is 0 Å². The normalized spacial score (nSPS) is 21.6. The number of nitrogens with two attached hydrogens (primary N) is 1. The van der Waals surface area contributed by atoms with Crippen LogP contribution in [0.2, 0.25) is 0 Å². The summed E-state index contributed by atoms with van der Waals surface area (Å²) in [5, 5.41) is 6.82. The molecule has 1 amide bonds. The first kappa shape index (κ1) is 17.6. The molecule has 3 aromatic rings. The molecule has 150 valence electrons. The van der Waals surface area contributed by atoms with Crippen molar-refractivity contribution in [1.29, 1.82) is 0 Å². The average molecular weight is 401 g/mol. The van der Waals surface area contributed by atoms with Crippen LogP contribution >= 0.6 is 0 Å². The van der Waals surface area contributed by atoms with Gasteiger partial charge in [-0.1, -0.05) is 0 Å². The van der Waals surface area contributed by atoms with Crippen LogP contribution in [-0.2, 0) is 0 Å². The number of hydrogen-bond acceptors (Lipinski definition) is 7. The summed E-state index contributed by atoms with van der Waals surface area (Å²) in [5.41, 5.74) is 6.76. The zero-order valence-corrected chi connectivity index (χ0v) is 15.2. The summed E-state index contributed by atoms with van der Waals surface area (Å²) in [5.74, 6) is -0.324. The van der Waals surface area contributed by atoms with E-state index < -0.39 is 23.9 Å². The molecule has 0 spiro atoms. The van der Waals surface area contributed by atoms with Crippen molar-refractivity contribution in [3.63, 3.8) is 0 Å². The Bertz CT molecular complexity index is 1120. The third-order valence-corrected chi connectivity index (χ3v) is 5.10. The SMILES string of the molecule is Nc1nn2ccc3nc2c1C(=O)NCCOc1ncc(F)cc1C1CC(F)CN31. The van der Waals surface area contributed by atoms with E-state index in [-0.39, 0.29) is 49.0 Å². The van der Waals surface area contributed by atoms with Gasteiger partial charge >= 0.3 is 0 Å². The Labute approximate surface area is 163 Å². The number of aromatic nitrogens is 4. The number of nitrogens with zero attached hydrogens (tertiary/aromatic N) is 5. The molecule has 2 aliphatic heterocycles. The van der Waals surface area contributed by atoms with E-state index in [1.54, 1.807) is 17.2 Å². The second-order valence-corrected chi connectivity index (χ2v) is 6.97. The summed E-state index contributed by atoms with van der Waals surface area (Å²) in [6.45, 7) is 0.321. The lowest BCUT2D eigenvalue weighted by molar-refractivity contribution is 0.0949. The van der Waals surface area contributed by atoms with Gasteiger partial charge in [0.1, 0.15) is 30.0 Å². The second kappa shape index (κ2) is 6.54. The Morgan fingerprint density at radius 2 is 2.24 bits per heavy atom. The Morgan fingerprint density at radius 3 is 3.10 bits per heavy atom. The minimum Gasteiger partial charge on any atom is -0.476 e. The van der Waals surface area contributed by atoms with Gasteiger partial charge in [0.25, 0.3) is 5.91 Å². The van der Waals surface area contributed by atoms with E-state index in [9.17, 15) is 13.6 Å². The zero-order chi connectivity index (χ0) is 20.1. The first-order chi connectivity index (χ1) is 14.0. The summed E-state index contributed by atoms with van der Waals surface area (Å²) >= 11 is 0. The number of hydrogen-bond donors (Lipinski definition) is 2. The highest BCUT2D eigenvalue weighted by Gasteiger charge is 2.37. The Hall–Kier alpha value is -3.50. The van der Waals surface area contributed by atoms with Crippen molar-refractivity contribution in [2.45, 2.75) is 18.6 Å². The summed E-state index contributed by atoms with van der Waals surface area (Å²) in [7, 11) is 0. The van der Waals surface area contributed by atoms with Gasteiger partial charge in [0.2, 0.25) is 5.88 Å². The maximum absolute atomic E-state index is 14.4. The molecule has 11 heteroatoms. The van der Waals surface area contributed by atoms with Gasteiger partial charge in [-0.25, -0.2) is 23.3 Å². The van der Waals surface area contributed by atoms with Crippen LogP contribution in [0.1, 0.15) is 28.4 Å². The number of fused-ring (bicyclic) bond motifs is 5. The fourth-order valence-electron chi connectivity index (χ4n) is 3.85. The van der Waals surface area contributed by atoms with Gasteiger partial charge in [-0.15, -0.1) is 5.10 Å². The van der Waals surface area contributed by atoms with E-state index in [2.05, 4.69) is 20.4 Å². The standard InChI is InChI=1S/C18H17F2N7O2/c19-9-5-11-12-6-10(20)8-26(12)13-1-3-27-16(24-13)14(15(21)25-27)17(28)22-2-4-29-18(11)23-7-9/h1,3,5,7,10,12H,2,4,6,8H2,(H2,21,25)(H,22,28). The molecule has 2 aliphatic rings. The van der Waals surface area contributed by atoms with E-state index >= 15 is 0 Å². The highest BCUT2D eigenvalue weighted by molar-refractivity contribution is 6.04. The lowest BCUT2D eigenvalue weighted by Gasteiger charge is -2.26. The van der Waals surface area contributed by atoms with Crippen LogP contribution in [0.5, 0.6) is 5.88 Å². The monoisotopic (exact) mass is 401 g/mol. The van der Waals surface area contributed by atoms with Gasteiger partial charge in [-0.3, -0.25) is 4.79 Å². The second-order valence-electron chi connectivity index (χ2n) is 6.97. The van der Waals surface area contributed by atoms with Crippen LogP contribution in [0.25, 0.3) is 5.65 Å². The molecule has 5 heterocycles. The fraction of sp³-hybridized carbons (Fsp3) is 0.333. The molecule has 0 aliphatic carbocycles. The Kier molecular flexibility index (Phi) is 3.96. The van der Waals surface area contributed by atoms with Crippen molar-refractivity contribution < 1.29 is 18.3 Å². The average Bonchev–Trinajstić information content (AvgIpc) is 3.23. The van der Waals surface area contributed by atoms with Crippen molar-refractivity contribution >= 4 is 23.2 Å². The van der Waals surface area contributed by atoms with E-state index in [0.29, 0.717) is 11.4 Å². The predicted octanol–water partition coefficient (Wildman–Crippen LogP) is 1.26. The topological polar surface area (TPSA) is 111 Å². The smallest absolute Gasteiger partial charge is 0.259 e. The molecule has 9 nitrogen and oxygen atoms in total. The zero-order valence-electron chi connectivity index (χ0n) is 15.2. The molecule has 2 unspecified atom stereocenters. The Morgan fingerprint density at radius 1 is 1.38 bits per heavy atom. The van der Waals surface area contributed by atoms with Crippen LogP contribution in [0, 0.1) is 5.82 Å². The molecule has 0 aromatic carbocycles. The molecule has 3 aromatic heterocycles. The fourth-order valence-corrected chi connectivity index (χ4v) is 3.85. The maximum Gasteiger partial charge on any atom is 0.259 e. The van der Waals surface area contributed by atoms with Crippen molar-refractivity contribution in [2.75, 3.05) is 30.3 Å². The highest BCUT2D eigenvalue weighted by Crippen LogP contribution is 2.40. The minimum atomic E-state index is -1.14. The van der Waals surface area contributed by atoms with Gasteiger partial charge in [-0.05, 0) is 12.1 Å². The van der Waals surface area contributed by atoms with E-state index in [1.165, 1.54) is 10.6 Å². The number of halogens is 2. The molecule has 3 N–H and O–H groups in total. The number of ether oxygens (including phenoxy) is 1. The maximum atomic E-state index is 14.4. The first-order valence-electron chi connectivity index (χ1n) is 9.13. The van der Waals surface area contributed by atoms with E-state index in [1.807, 2.05) is 0 Å². The summed E-state index contributed by atoms with van der Waals surface area (Å²) in [6.07, 6.45) is 1.65. The molecular formula is C18H17F2N7O2. The number of anilines is 2. The van der Waals surface area contributed by atoms with E-state index in [0.717, 1.165) is 6.20 Å². The summed E-state index contributed by atoms with van der Waals surface area (Å²) in [4.78, 5) is 22.9. The molecule has 29 heavy (non-hydrogen) atoms. The molecule has 1 fully saturated rings. The molecule has 0 saturated carbocycles. The molecule has 2 bridgehead atoms. The molecular weight excluding hydrogens is 384 g/mol. The van der Waals surface area contributed by atoms with Crippen LogP contribution in [0.4, 0.5) is 20.4 Å². The van der Waals surface area contributed by atoms with Gasteiger partial charge < -0.3 is 20.7 Å². The highest BCUT2D eigenvalue weighted by atomic mass is 19.1. The lowest BCUT2D eigenvalue weighted by Crippen LogP contribution is -2.29. The van der Waals surface area contributed by atoms with Gasteiger partial charge in [0, 0.05) is 18.2 Å². The molecule has 2 atom stereocenters. The predicted molar refractivity (Wildman–Crippen MR) is 99.0 cm³/mol. The van der Waals surface area contributed by atoms with Gasteiger partial charge in [0.05, 0.1) is 25.3 Å². The summed E-state index contributed by atoms with van der Waals surface area (Å²) in [6, 6.07) is 2.43. The van der Waals surface area contributed by atoms with E-state index in [4.69, 9.17) is 10.5 Å². The summed E-state index contributed by atoms with van der Waals surface area (Å²) < 4.78 is 35.5. The van der Waals surface area contributed by atoms with Crippen molar-refractivity contribution in [3.05, 3.63) is 41.5 Å². The molecule has 0 radical (unpaired) electrons. The third-order valence-electron chi connectivity index (χ3n) is 5.10. The number of carbonyl (C=O) groups excluding carboxylic acids is 1. The van der Waals surface area contributed by atoms with Crippen molar-refractivity contribution in [3.8, 4) is 5.88 Å². The number of rotatable bonds is 0. The Balaban J connectivity index is 1.70. The third kappa shape index (κ3) is 2.89. The number of carbonyl (C=O) groups is 1. The first-order valence-corrected chi connectivity index (χ1v) is 9.13. The van der Waals surface area contributed by atoms with Crippen LogP contribution in [0.3, 0.4) is 0 Å². The van der Waals surface area contributed by atoms with Crippen LogP contribution < -0.4 is 20.7 Å². The molecule has 5 rings (SSSR count). The van der Waals surface area contributed by atoms with Crippen LogP contribution in [-0.4, -0.2) is 51.4 Å².